The van der Waals surface area contributed by atoms with Gasteiger partial charge in [0.2, 0.25) is 0 Å². The molecule has 1 heterocycles. The predicted molar refractivity (Wildman–Crippen MR) is 84.0 cm³/mol. The van der Waals surface area contributed by atoms with E-state index in [0.29, 0.717) is 11.8 Å². The smallest absolute Gasteiger partial charge is 0.0830 e. The number of benzene rings is 2. The second kappa shape index (κ2) is 4.97. The minimum absolute atomic E-state index is 0.318. The number of aliphatic hydroxyl groups is 1. The Kier molecular flexibility index (Phi) is 2.97. The lowest BCUT2D eigenvalue weighted by Crippen LogP contribution is -2.02. The summed E-state index contributed by atoms with van der Waals surface area (Å²) in [5.74, 6) is 0.798. The highest BCUT2D eigenvalue weighted by molar-refractivity contribution is 5.82. The molecule has 0 aliphatic heterocycles. The largest absolute Gasteiger partial charge is 0.388 e. The molecule has 3 atom stereocenters. The van der Waals surface area contributed by atoms with Gasteiger partial charge in [0.25, 0.3) is 0 Å². The van der Waals surface area contributed by atoms with Gasteiger partial charge < -0.3 is 5.11 Å². The number of pyridine rings is 1. The Labute approximate surface area is 124 Å². The van der Waals surface area contributed by atoms with Crippen molar-refractivity contribution in [1.82, 2.24) is 4.98 Å². The lowest BCUT2D eigenvalue weighted by atomic mass is 9.98. The maximum Gasteiger partial charge on any atom is 0.0830 e. The SMILES string of the molecule is OC(c1cccc2ncccc12)C1CC1c1ccccc1. The molecule has 2 aromatic carbocycles. The number of aliphatic hydroxyl groups excluding tert-OH is 1. The Bertz CT molecular complexity index is 763. The predicted octanol–water partition coefficient (Wildman–Crippen LogP) is 4.07. The number of fused-ring (bicyclic) bond motifs is 1. The molecule has 0 radical (unpaired) electrons. The molecular formula is C19H17NO. The van der Waals surface area contributed by atoms with Crippen LogP contribution >= 0.6 is 0 Å². The van der Waals surface area contributed by atoms with Gasteiger partial charge in [0.05, 0.1) is 11.6 Å². The Morgan fingerprint density at radius 2 is 1.81 bits per heavy atom. The molecule has 3 unspecified atom stereocenters. The summed E-state index contributed by atoms with van der Waals surface area (Å²) in [6.45, 7) is 0. The second-order valence-electron chi connectivity index (χ2n) is 5.78. The van der Waals surface area contributed by atoms with Gasteiger partial charge in [-0.05, 0) is 41.5 Å². The summed E-state index contributed by atoms with van der Waals surface area (Å²) < 4.78 is 0. The minimum atomic E-state index is -0.414. The highest BCUT2D eigenvalue weighted by Gasteiger charge is 2.44. The number of rotatable bonds is 3. The van der Waals surface area contributed by atoms with E-state index in [0.717, 1.165) is 22.9 Å². The maximum absolute atomic E-state index is 10.8. The molecule has 1 saturated carbocycles. The van der Waals surface area contributed by atoms with E-state index in [1.54, 1.807) is 6.20 Å². The molecule has 1 fully saturated rings. The van der Waals surface area contributed by atoms with Crippen LogP contribution in [0.3, 0.4) is 0 Å². The van der Waals surface area contributed by atoms with Gasteiger partial charge in [0.1, 0.15) is 0 Å². The van der Waals surface area contributed by atoms with Gasteiger partial charge in [-0.1, -0.05) is 48.5 Å². The van der Waals surface area contributed by atoms with E-state index in [1.807, 2.05) is 36.4 Å². The number of hydrogen-bond acceptors (Lipinski definition) is 2. The summed E-state index contributed by atoms with van der Waals surface area (Å²) in [5, 5.41) is 11.8. The molecule has 1 N–H and O–H groups in total. The highest BCUT2D eigenvalue weighted by atomic mass is 16.3. The first-order valence-electron chi connectivity index (χ1n) is 7.41. The van der Waals surface area contributed by atoms with Crippen molar-refractivity contribution >= 4 is 10.9 Å². The van der Waals surface area contributed by atoms with Crippen molar-refractivity contribution in [1.29, 1.82) is 0 Å². The van der Waals surface area contributed by atoms with Gasteiger partial charge in [0, 0.05) is 11.6 Å². The average Bonchev–Trinajstić information content (AvgIpc) is 3.35. The lowest BCUT2D eigenvalue weighted by molar-refractivity contribution is 0.153. The van der Waals surface area contributed by atoms with Gasteiger partial charge in [0.15, 0.2) is 0 Å². The van der Waals surface area contributed by atoms with Crippen LogP contribution in [0.4, 0.5) is 0 Å². The second-order valence-corrected chi connectivity index (χ2v) is 5.78. The molecule has 3 aromatic rings. The summed E-state index contributed by atoms with van der Waals surface area (Å²) in [6.07, 6.45) is 2.44. The molecule has 0 spiro atoms. The normalized spacial score (nSPS) is 22.1. The fraction of sp³-hybridized carbons (Fsp3) is 0.211. The Balaban J connectivity index is 1.65. The topological polar surface area (TPSA) is 33.1 Å². The van der Waals surface area contributed by atoms with Crippen LogP contribution in [0.1, 0.15) is 29.6 Å². The molecule has 0 amide bonds. The van der Waals surface area contributed by atoms with E-state index < -0.39 is 6.10 Å². The van der Waals surface area contributed by atoms with Crippen LogP contribution in [0, 0.1) is 5.92 Å². The van der Waals surface area contributed by atoms with Crippen molar-refractivity contribution in [3.8, 4) is 0 Å². The molecule has 21 heavy (non-hydrogen) atoms. The van der Waals surface area contributed by atoms with Crippen molar-refractivity contribution in [3.05, 3.63) is 78.0 Å². The monoisotopic (exact) mass is 275 g/mol. The standard InChI is InChI=1S/C19H17NO/c21-19(17-12-16(17)13-6-2-1-3-7-13)15-8-4-10-18-14(15)9-5-11-20-18/h1-11,16-17,19,21H,12H2. The van der Waals surface area contributed by atoms with Crippen molar-refractivity contribution < 1.29 is 5.11 Å². The number of hydrogen-bond donors (Lipinski definition) is 1. The first-order chi connectivity index (χ1) is 10.3. The summed E-state index contributed by atoms with van der Waals surface area (Å²) in [6, 6.07) is 20.5. The molecule has 1 aliphatic carbocycles. The Morgan fingerprint density at radius 1 is 0.952 bits per heavy atom. The third-order valence-corrected chi connectivity index (χ3v) is 4.47. The van der Waals surface area contributed by atoms with Crippen LogP contribution in [0.5, 0.6) is 0 Å². The summed E-state index contributed by atoms with van der Waals surface area (Å²) in [4.78, 5) is 4.37. The fourth-order valence-electron chi connectivity index (χ4n) is 3.26. The van der Waals surface area contributed by atoms with Crippen LogP contribution in [0.25, 0.3) is 10.9 Å². The lowest BCUT2D eigenvalue weighted by Gasteiger charge is -2.13. The summed E-state index contributed by atoms with van der Waals surface area (Å²) >= 11 is 0. The fourth-order valence-corrected chi connectivity index (χ4v) is 3.26. The molecule has 2 heteroatoms. The highest BCUT2D eigenvalue weighted by Crippen LogP contribution is 2.54. The summed E-state index contributed by atoms with van der Waals surface area (Å²) in [7, 11) is 0. The summed E-state index contributed by atoms with van der Waals surface area (Å²) in [5.41, 5.74) is 3.29. The molecule has 0 bridgehead atoms. The van der Waals surface area contributed by atoms with Gasteiger partial charge in [-0.25, -0.2) is 0 Å². The molecule has 2 nitrogen and oxygen atoms in total. The van der Waals surface area contributed by atoms with Crippen molar-refractivity contribution in [3.63, 3.8) is 0 Å². The molecule has 1 aliphatic rings. The van der Waals surface area contributed by atoms with E-state index in [9.17, 15) is 5.11 Å². The van der Waals surface area contributed by atoms with Gasteiger partial charge in [-0.3, -0.25) is 4.98 Å². The van der Waals surface area contributed by atoms with Gasteiger partial charge in [-0.2, -0.15) is 0 Å². The average molecular weight is 275 g/mol. The Hall–Kier alpha value is -2.19. The zero-order valence-corrected chi connectivity index (χ0v) is 11.7. The van der Waals surface area contributed by atoms with E-state index in [2.05, 4.69) is 29.2 Å². The molecule has 0 saturated heterocycles. The minimum Gasteiger partial charge on any atom is -0.388 e. The van der Waals surface area contributed by atoms with Crippen molar-refractivity contribution in [2.24, 2.45) is 5.92 Å². The number of nitrogens with zero attached hydrogens (tertiary/aromatic N) is 1. The third kappa shape index (κ3) is 2.22. The number of aromatic nitrogens is 1. The van der Waals surface area contributed by atoms with Crippen LogP contribution < -0.4 is 0 Å². The quantitative estimate of drug-likeness (QED) is 0.781. The maximum atomic E-state index is 10.8. The van der Waals surface area contributed by atoms with Crippen molar-refractivity contribution in [2.75, 3.05) is 0 Å². The molecule has 1 aromatic heterocycles. The van der Waals surface area contributed by atoms with Gasteiger partial charge >= 0.3 is 0 Å². The first kappa shape index (κ1) is 12.5. The van der Waals surface area contributed by atoms with E-state index in [1.165, 1.54) is 5.56 Å². The van der Waals surface area contributed by atoms with E-state index in [-0.39, 0.29) is 0 Å². The van der Waals surface area contributed by atoms with Crippen LogP contribution in [0.2, 0.25) is 0 Å². The van der Waals surface area contributed by atoms with Crippen molar-refractivity contribution in [2.45, 2.75) is 18.4 Å². The van der Waals surface area contributed by atoms with Gasteiger partial charge in [-0.15, -0.1) is 0 Å². The van der Waals surface area contributed by atoms with Crippen LogP contribution in [-0.2, 0) is 0 Å². The first-order valence-corrected chi connectivity index (χ1v) is 7.41. The molecule has 104 valence electrons. The zero-order chi connectivity index (χ0) is 14.2. The van der Waals surface area contributed by atoms with Crippen LogP contribution in [0.15, 0.2) is 66.9 Å². The molecule has 4 rings (SSSR count). The molecular weight excluding hydrogens is 258 g/mol. The zero-order valence-electron chi connectivity index (χ0n) is 11.7. The third-order valence-electron chi connectivity index (χ3n) is 4.47. The Morgan fingerprint density at radius 3 is 2.67 bits per heavy atom. The van der Waals surface area contributed by atoms with Crippen LogP contribution in [-0.4, -0.2) is 10.1 Å². The van der Waals surface area contributed by atoms with E-state index >= 15 is 0 Å². The van der Waals surface area contributed by atoms with E-state index in [4.69, 9.17) is 0 Å².